The Labute approximate surface area is 146 Å². The molecular weight excluding hydrogens is 328 g/mol. The fourth-order valence-corrected chi connectivity index (χ4v) is 4.99. The quantitative estimate of drug-likeness (QED) is 0.899. The van der Waals surface area contributed by atoms with E-state index in [-0.39, 0.29) is 11.9 Å². The van der Waals surface area contributed by atoms with Crippen LogP contribution >= 0.6 is 23.1 Å². The maximum Gasteiger partial charge on any atom is 0.243 e. The number of aryl methyl sites for hydroxylation is 1. The van der Waals surface area contributed by atoms with Crippen LogP contribution in [0.5, 0.6) is 0 Å². The van der Waals surface area contributed by atoms with Crippen molar-refractivity contribution in [3.05, 3.63) is 11.1 Å². The number of amides is 1. The summed E-state index contributed by atoms with van der Waals surface area (Å²) in [6, 6.07) is 0.626. The van der Waals surface area contributed by atoms with Gasteiger partial charge in [0, 0.05) is 49.1 Å². The fraction of sp³-hybridized carbons (Fsp3) is 0.750. The van der Waals surface area contributed by atoms with Crippen molar-refractivity contribution in [2.75, 3.05) is 43.0 Å². The van der Waals surface area contributed by atoms with E-state index >= 15 is 0 Å². The Morgan fingerprint density at radius 2 is 2.00 bits per heavy atom. The SMILES string of the molecule is Cc1csc(NC(=O)[C@H](C)N2CCC(N3CCSCC3)CC2)n1. The molecule has 1 aromatic heterocycles. The zero-order chi connectivity index (χ0) is 16.2. The molecule has 0 aliphatic carbocycles. The first kappa shape index (κ1) is 17.2. The first-order chi connectivity index (χ1) is 11.1. The lowest BCUT2D eigenvalue weighted by atomic mass is 10.0. The minimum atomic E-state index is -0.0860. The molecule has 1 atom stereocenters. The lowest BCUT2D eigenvalue weighted by Crippen LogP contribution is -2.51. The van der Waals surface area contributed by atoms with E-state index in [0.717, 1.165) is 18.8 Å². The summed E-state index contributed by atoms with van der Waals surface area (Å²) in [4.78, 5) is 21.7. The summed E-state index contributed by atoms with van der Waals surface area (Å²) < 4.78 is 0. The Morgan fingerprint density at radius 1 is 1.30 bits per heavy atom. The summed E-state index contributed by atoms with van der Waals surface area (Å²) in [6.45, 7) is 8.44. The Kier molecular flexibility index (Phi) is 5.96. The number of aromatic nitrogens is 1. The predicted octanol–water partition coefficient (Wildman–Crippen LogP) is 2.29. The lowest BCUT2D eigenvalue weighted by molar-refractivity contribution is -0.121. The number of likely N-dealkylation sites (tertiary alicyclic amines) is 1. The molecule has 3 heterocycles. The molecule has 5 nitrogen and oxygen atoms in total. The van der Waals surface area contributed by atoms with Crippen LogP contribution < -0.4 is 5.32 Å². The van der Waals surface area contributed by atoms with Crippen molar-refractivity contribution >= 4 is 34.1 Å². The number of anilines is 1. The Morgan fingerprint density at radius 3 is 2.61 bits per heavy atom. The summed E-state index contributed by atoms with van der Waals surface area (Å²) in [5.41, 5.74) is 0.957. The van der Waals surface area contributed by atoms with E-state index in [1.165, 1.54) is 48.8 Å². The molecule has 0 unspecified atom stereocenters. The van der Waals surface area contributed by atoms with Gasteiger partial charge in [0.15, 0.2) is 5.13 Å². The standard InChI is InChI=1S/C16H26N4OS2/c1-12-11-23-16(17-12)18-15(21)13(2)19-5-3-14(4-6-19)20-7-9-22-10-8-20/h11,13-14H,3-10H2,1-2H3,(H,17,18,21)/t13-/m0/s1. The number of nitrogens with zero attached hydrogens (tertiary/aromatic N) is 3. The van der Waals surface area contributed by atoms with Crippen LogP contribution in [0.2, 0.25) is 0 Å². The van der Waals surface area contributed by atoms with Gasteiger partial charge in [-0.1, -0.05) is 0 Å². The van der Waals surface area contributed by atoms with Crippen LogP contribution in [0, 0.1) is 6.92 Å². The molecule has 2 saturated heterocycles. The Bertz CT molecular complexity index is 522. The number of rotatable bonds is 4. The van der Waals surface area contributed by atoms with Gasteiger partial charge in [-0.05, 0) is 26.7 Å². The van der Waals surface area contributed by atoms with Crippen LogP contribution in [0.1, 0.15) is 25.5 Å². The highest BCUT2D eigenvalue weighted by molar-refractivity contribution is 7.99. The van der Waals surface area contributed by atoms with Gasteiger partial charge in [0.1, 0.15) is 0 Å². The maximum atomic E-state index is 12.4. The second kappa shape index (κ2) is 7.96. The van der Waals surface area contributed by atoms with Crippen molar-refractivity contribution in [3.63, 3.8) is 0 Å². The predicted molar refractivity (Wildman–Crippen MR) is 98.4 cm³/mol. The van der Waals surface area contributed by atoms with Crippen LogP contribution in [0.15, 0.2) is 5.38 Å². The first-order valence-electron chi connectivity index (χ1n) is 8.42. The second-order valence-corrected chi connectivity index (χ2v) is 8.46. The zero-order valence-electron chi connectivity index (χ0n) is 14.0. The van der Waals surface area contributed by atoms with E-state index in [4.69, 9.17) is 0 Å². The molecule has 2 fully saturated rings. The molecule has 23 heavy (non-hydrogen) atoms. The number of carbonyl (C=O) groups excluding carboxylic acids is 1. The largest absolute Gasteiger partial charge is 0.301 e. The molecule has 2 aliphatic heterocycles. The molecule has 1 amide bonds. The van der Waals surface area contributed by atoms with Crippen LogP contribution in [-0.2, 0) is 4.79 Å². The van der Waals surface area contributed by atoms with Gasteiger partial charge in [0.2, 0.25) is 5.91 Å². The molecule has 1 N–H and O–H groups in total. The van der Waals surface area contributed by atoms with Gasteiger partial charge < -0.3 is 5.32 Å². The van der Waals surface area contributed by atoms with Crippen molar-refractivity contribution in [2.45, 2.75) is 38.8 Å². The summed E-state index contributed by atoms with van der Waals surface area (Å²) in [5, 5.41) is 5.62. The molecule has 1 aromatic rings. The number of carbonyl (C=O) groups is 1. The van der Waals surface area contributed by atoms with Gasteiger partial charge in [0.05, 0.1) is 11.7 Å². The molecule has 0 saturated carbocycles. The van der Waals surface area contributed by atoms with E-state index < -0.39 is 0 Å². The van der Waals surface area contributed by atoms with Gasteiger partial charge in [0.25, 0.3) is 0 Å². The maximum absolute atomic E-state index is 12.4. The molecule has 0 radical (unpaired) electrons. The van der Waals surface area contributed by atoms with E-state index in [1.54, 1.807) is 0 Å². The number of hydrogen-bond acceptors (Lipinski definition) is 6. The highest BCUT2D eigenvalue weighted by Gasteiger charge is 2.30. The van der Waals surface area contributed by atoms with Crippen molar-refractivity contribution in [1.82, 2.24) is 14.8 Å². The number of thiazole rings is 1. The molecule has 0 bridgehead atoms. The van der Waals surface area contributed by atoms with Crippen LogP contribution in [0.4, 0.5) is 5.13 Å². The zero-order valence-corrected chi connectivity index (χ0v) is 15.6. The fourth-order valence-electron chi connectivity index (χ4n) is 3.37. The van der Waals surface area contributed by atoms with Crippen LogP contribution in [0.3, 0.4) is 0 Å². The third-order valence-corrected chi connectivity index (χ3v) is 6.66. The molecule has 0 spiro atoms. The third kappa shape index (κ3) is 4.47. The monoisotopic (exact) mass is 354 g/mol. The average molecular weight is 355 g/mol. The Balaban J connectivity index is 1.47. The minimum Gasteiger partial charge on any atom is -0.301 e. The van der Waals surface area contributed by atoms with Crippen LogP contribution in [-0.4, -0.2) is 70.5 Å². The van der Waals surface area contributed by atoms with E-state index in [1.807, 2.05) is 19.2 Å². The van der Waals surface area contributed by atoms with E-state index in [2.05, 4.69) is 31.9 Å². The van der Waals surface area contributed by atoms with Gasteiger partial charge in [-0.15, -0.1) is 11.3 Å². The normalized spacial score (nSPS) is 22.9. The molecule has 3 rings (SSSR count). The first-order valence-corrected chi connectivity index (χ1v) is 10.5. The summed E-state index contributed by atoms with van der Waals surface area (Å²) >= 11 is 3.56. The highest BCUT2D eigenvalue weighted by Crippen LogP contribution is 2.22. The van der Waals surface area contributed by atoms with Gasteiger partial charge in [-0.25, -0.2) is 4.98 Å². The summed E-state index contributed by atoms with van der Waals surface area (Å²) in [6.07, 6.45) is 2.36. The van der Waals surface area contributed by atoms with E-state index in [0.29, 0.717) is 11.2 Å². The number of hydrogen-bond donors (Lipinski definition) is 1. The Hall–Kier alpha value is -0.630. The van der Waals surface area contributed by atoms with E-state index in [9.17, 15) is 4.79 Å². The number of nitrogens with one attached hydrogen (secondary N) is 1. The van der Waals surface area contributed by atoms with Gasteiger partial charge in [-0.3, -0.25) is 14.6 Å². The summed E-state index contributed by atoms with van der Waals surface area (Å²) in [7, 11) is 0. The number of piperidine rings is 1. The smallest absolute Gasteiger partial charge is 0.243 e. The molecule has 0 aromatic carbocycles. The van der Waals surface area contributed by atoms with Gasteiger partial charge in [-0.2, -0.15) is 11.8 Å². The van der Waals surface area contributed by atoms with Crippen molar-refractivity contribution in [2.24, 2.45) is 0 Å². The minimum absolute atomic E-state index is 0.0622. The van der Waals surface area contributed by atoms with Crippen LogP contribution in [0.25, 0.3) is 0 Å². The number of thioether (sulfide) groups is 1. The van der Waals surface area contributed by atoms with Gasteiger partial charge >= 0.3 is 0 Å². The van der Waals surface area contributed by atoms with Crippen molar-refractivity contribution < 1.29 is 4.79 Å². The molecule has 7 heteroatoms. The summed E-state index contributed by atoms with van der Waals surface area (Å²) in [5.74, 6) is 2.60. The molecule has 128 valence electrons. The topological polar surface area (TPSA) is 48.5 Å². The molecular formula is C16H26N4OS2. The molecule has 2 aliphatic rings. The average Bonchev–Trinajstić information content (AvgIpc) is 3.00. The lowest BCUT2D eigenvalue weighted by Gasteiger charge is -2.41. The van der Waals surface area contributed by atoms with Crippen molar-refractivity contribution in [3.8, 4) is 0 Å². The third-order valence-electron chi connectivity index (χ3n) is 4.84. The highest BCUT2D eigenvalue weighted by atomic mass is 32.2. The van der Waals surface area contributed by atoms with Crippen molar-refractivity contribution in [1.29, 1.82) is 0 Å². The second-order valence-electron chi connectivity index (χ2n) is 6.37.